The van der Waals surface area contributed by atoms with Gasteiger partial charge in [-0.1, -0.05) is 36.4 Å². The standard InChI is InChI=1S/C21H26N2O3/c1-17-20(21(24)25-2)15-19(26-17)16-23-13-11-22(12-14-23)10-6-9-18-7-4-3-5-8-18/h3-9,15H,10-14,16H2,1-2H3/p+2/b9-6+. The molecule has 2 N–H and O–H groups in total. The fourth-order valence-corrected chi connectivity index (χ4v) is 3.45. The maximum Gasteiger partial charge on any atom is 0.341 e. The molecule has 1 aliphatic rings. The average molecular weight is 356 g/mol. The first-order valence-corrected chi connectivity index (χ1v) is 9.22. The van der Waals surface area contributed by atoms with Gasteiger partial charge in [0, 0.05) is 6.07 Å². The number of hydrogen-bond donors (Lipinski definition) is 2. The Morgan fingerprint density at radius 1 is 1.15 bits per heavy atom. The highest BCUT2D eigenvalue weighted by Gasteiger charge is 2.24. The Labute approximate surface area is 154 Å². The molecule has 0 bridgehead atoms. The van der Waals surface area contributed by atoms with Crippen LogP contribution in [0.5, 0.6) is 0 Å². The number of carbonyl (C=O) groups is 1. The lowest BCUT2D eigenvalue weighted by Crippen LogP contribution is -3.27. The first-order valence-electron chi connectivity index (χ1n) is 9.22. The third-order valence-corrected chi connectivity index (χ3v) is 4.98. The maximum absolute atomic E-state index is 11.7. The Balaban J connectivity index is 1.45. The van der Waals surface area contributed by atoms with Gasteiger partial charge in [0.2, 0.25) is 0 Å². The van der Waals surface area contributed by atoms with Crippen LogP contribution >= 0.6 is 0 Å². The highest BCUT2D eigenvalue weighted by molar-refractivity contribution is 5.90. The Morgan fingerprint density at radius 3 is 2.54 bits per heavy atom. The molecule has 0 amide bonds. The van der Waals surface area contributed by atoms with E-state index in [4.69, 9.17) is 9.15 Å². The van der Waals surface area contributed by atoms with Crippen LogP contribution in [0.2, 0.25) is 0 Å². The monoisotopic (exact) mass is 356 g/mol. The molecule has 2 aromatic rings. The van der Waals surface area contributed by atoms with Gasteiger partial charge in [0.1, 0.15) is 44.0 Å². The zero-order valence-electron chi connectivity index (χ0n) is 15.6. The fraction of sp³-hybridized carbons (Fsp3) is 0.381. The van der Waals surface area contributed by atoms with Gasteiger partial charge >= 0.3 is 5.97 Å². The molecule has 1 aromatic carbocycles. The van der Waals surface area contributed by atoms with Crippen molar-refractivity contribution in [2.45, 2.75) is 13.5 Å². The van der Waals surface area contributed by atoms with Crippen LogP contribution in [0.15, 0.2) is 46.9 Å². The molecule has 1 fully saturated rings. The Kier molecular flexibility index (Phi) is 6.26. The number of rotatable bonds is 6. The molecule has 0 saturated carbocycles. The number of methoxy groups -OCH3 is 1. The molecule has 3 rings (SSSR count). The molecule has 0 spiro atoms. The molecule has 1 saturated heterocycles. The van der Waals surface area contributed by atoms with Crippen LogP contribution in [0, 0.1) is 6.92 Å². The number of carbonyl (C=O) groups excluding carboxylic acids is 1. The molecule has 5 nitrogen and oxygen atoms in total. The lowest BCUT2D eigenvalue weighted by molar-refractivity contribution is -1.02. The summed E-state index contributed by atoms with van der Waals surface area (Å²) in [6, 6.07) is 12.3. The van der Waals surface area contributed by atoms with E-state index >= 15 is 0 Å². The number of piperazine rings is 1. The molecule has 1 aromatic heterocycles. The minimum absolute atomic E-state index is 0.327. The van der Waals surface area contributed by atoms with Crippen molar-refractivity contribution < 1.29 is 23.7 Å². The molecule has 26 heavy (non-hydrogen) atoms. The molecule has 0 aliphatic carbocycles. The Hall–Kier alpha value is -2.37. The molecular formula is C21H28N2O3+2. The molecule has 0 atom stereocenters. The van der Waals surface area contributed by atoms with Gasteiger partial charge in [0.25, 0.3) is 0 Å². The summed E-state index contributed by atoms with van der Waals surface area (Å²) in [7, 11) is 1.40. The van der Waals surface area contributed by atoms with E-state index in [9.17, 15) is 4.79 Å². The number of esters is 1. The molecule has 1 aliphatic heterocycles. The molecule has 0 unspecified atom stereocenters. The summed E-state index contributed by atoms with van der Waals surface area (Å²) in [5.74, 6) is 1.18. The fourth-order valence-electron chi connectivity index (χ4n) is 3.45. The SMILES string of the molecule is COC(=O)c1cc(C[NH+]2CC[NH+](C/C=C/c3ccccc3)CC2)oc1C. The van der Waals surface area contributed by atoms with Crippen LogP contribution in [-0.2, 0) is 11.3 Å². The third kappa shape index (κ3) is 4.84. The topological polar surface area (TPSA) is 48.3 Å². The summed E-state index contributed by atoms with van der Waals surface area (Å²) in [5, 5.41) is 0. The van der Waals surface area contributed by atoms with Gasteiger partial charge in [-0.15, -0.1) is 0 Å². The van der Waals surface area contributed by atoms with Gasteiger partial charge < -0.3 is 19.0 Å². The average Bonchev–Trinajstić information content (AvgIpc) is 3.03. The highest BCUT2D eigenvalue weighted by Crippen LogP contribution is 2.14. The second kappa shape index (κ2) is 8.83. The van der Waals surface area contributed by atoms with Crippen LogP contribution in [0.3, 0.4) is 0 Å². The van der Waals surface area contributed by atoms with Crippen LogP contribution < -0.4 is 9.80 Å². The van der Waals surface area contributed by atoms with Gasteiger partial charge in [0.05, 0.1) is 13.7 Å². The summed E-state index contributed by atoms with van der Waals surface area (Å²) in [6.07, 6.45) is 4.47. The van der Waals surface area contributed by atoms with Crippen molar-refractivity contribution >= 4 is 12.0 Å². The second-order valence-electron chi connectivity index (χ2n) is 6.87. The molecule has 138 valence electrons. The first-order chi connectivity index (χ1) is 12.7. The van der Waals surface area contributed by atoms with Crippen molar-refractivity contribution in [2.75, 3.05) is 39.8 Å². The van der Waals surface area contributed by atoms with Crippen molar-refractivity contribution in [3.05, 3.63) is 65.1 Å². The van der Waals surface area contributed by atoms with E-state index in [2.05, 4.69) is 36.4 Å². The summed E-state index contributed by atoms with van der Waals surface area (Å²) < 4.78 is 10.5. The van der Waals surface area contributed by atoms with E-state index < -0.39 is 0 Å². The number of aryl methyl sites for hydroxylation is 1. The number of ether oxygens (including phenoxy) is 1. The van der Waals surface area contributed by atoms with Crippen molar-refractivity contribution in [3.8, 4) is 0 Å². The minimum Gasteiger partial charge on any atom is -0.465 e. The predicted molar refractivity (Wildman–Crippen MR) is 100 cm³/mol. The summed E-state index contributed by atoms with van der Waals surface area (Å²) >= 11 is 0. The van der Waals surface area contributed by atoms with Crippen molar-refractivity contribution in [3.63, 3.8) is 0 Å². The van der Waals surface area contributed by atoms with Crippen LogP contribution in [0.1, 0.15) is 27.4 Å². The Bertz CT molecular complexity index is 744. The summed E-state index contributed by atoms with van der Waals surface area (Å²) in [5.41, 5.74) is 1.79. The van der Waals surface area contributed by atoms with Gasteiger partial charge in [-0.05, 0) is 18.6 Å². The van der Waals surface area contributed by atoms with Crippen LogP contribution in [-0.4, -0.2) is 45.8 Å². The summed E-state index contributed by atoms with van der Waals surface area (Å²) in [6.45, 7) is 8.23. The normalized spacial score (nSPS) is 20.4. The number of furan rings is 1. The molecule has 2 heterocycles. The van der Waals surface area contributed by atoms with Gasteiger partial charge in [-0.25, -0.2) is 4.79 Å². The van der Waals surface area contributed by atoms with Crippen LogP contribution in [0.4, 0.5) is 0 Å². The van der Waals surface area contributed by atoms with E-state index in [1.165, 1.54) is 17.6 Å². The van der Waals surface area contributed by atoms with Gasteiger partial charge in [-0.3, -0.25) is 0 Å². The second-order valence-corrected chi connectivity index (χ2v) is 6.87. The zero-order chi connectivity index (χ0) is 18.4. The van der Waals surface area contributed by atoms with Crippen molar-refractivity contribution in [1.82, 2.24) is 0 Å². The molecule has 0 radical (unpaired) electrons. The van der Waals surface area contributed by atoms with E-state index in [1.807, 2.05) is 19.1 Å². The number of benzene rings is 1. The quantitative estimate of drug-likeness (QED) is 0.736. The zero-order valence-corrected chi connectivity index (χ0v) is 15.6. The van der Waals surface area contributed by atoms with E-state index in [0.29, 0.717) is 11.3 Å². The summed E-state index contributed by atoms with van der Waals surface area (Å²) in [4.78, 5) is 14.8. The maximum atomic E-state index is 11.7. The van der Waals surface area contributed by atoms with Crippen molar-refractivity contribution in [2.24, 2.45) is 0 Å². The Morgan fingerprint density at radius 2 is 1.85 bits per heavy atom. The highest BCUT2D eigenvalue weighted by atomic mass is 16.5. The lowest BCUT2D eigenvalue weighted by Gasteiger charge is -2.28. The largest absolute Gasteiger partial charge is 0.465 e. The van der Waals surface area contributed by atoms with Crippen LogP contribution in [0.25, 0.3) is 6.08 Å². The minimum atomic E-state index is -0.327. The number of hydrogen-bond acceptors (Lipinski definition) is 3. The molecule has 5 heteroatoms. The van der Waals surface area contributed by atoms with E-state index in [0.717, 1.165) is 45.0 Å². The number of nitrogens with one attached hydrogen (secondary N) is 2. The smallest absolute Gasteiger partial charge is 0.341 e. The lowest BCUT2D eigenvalue weighted by atomic mass is 10.2. The van der Waals surface area contributed by atoms with Crippen molar-refractivity contribution in [1.29, 1.82) is 0 Å². The van der Waals surface area contributed by atoms with E-state index in [-0.39, 0.29) is 5.97 Å². The van der Waals surface area contributed by atoms with Gasteiger partial charge in [-0.2, -0.15) is 0 Å². The number of quaternary nitrogens is 2. The van der Waals surface area contributed by atoms with E-state index in [1.54, 1.807) is 4.90 Å². The first kappa shape index (κ1) is 18.4. The predicted octanol–water partition coefficient (Wildman–Crippen LogP) is 0.371. The van der Waals surface area contributed by atoms with Gasteiger partial charge in [0.15, 0.2) is 5.76 Å². The third-order valence-electron chi connectivity index (χ3n) is 4.98. The molecular weight excluding hydrogens is 328 g/mol.